The van der Waals surface area contributed by atoms with Crippen LogP contribution in [-0.2, 0) is 4.79 Å². The Morgan fingerprint density at radius 3 is 2.43 bits per heavy atom. The van der Waals surface area contributed by atoms with Crippen molar-refractivity contribution in [1.29, 1.82) is 0 Å². The Kier molecular flexibility index (Phi) is 5.55. The van der Waals surface area contributed by atoms with Gasteiger partial charge in [0.2, 0.25) is 5.91 Å². The molecule has 0 aromatic carbocycles. The van der Waals surface area contributed by atoms with Crippen LogP contribution in [0.15, 0.2) is 11.6 Å². The van der Waals surface area contributed by atoms with Crippen LogP contribution in [0.1, 0.15) is 20.8 Å². The van der Waals surface area contributed by atoms with E-state index in [2.05, 4.69) is 5.32 Å². The molecule has 1 atom stereocenters. The number of urea groups is 1. The van der Waals surface area contributed by atoms with Crippen molar-refractivity contribution in [2.24, 2.45) is 5.73 Å². The first kappa shape index (κ1) is 12.6. The second-order valence-corrected chi connectivity index (χ2v) is 3.26. The molecule has 0 aromatic rings. The number of primary amides is 1. The van der Waals surface area contributed by atoms with Gasteiger partial charge in [-0.2, -0.15) is 0 Å². The van der Waals surface area contributed by atoms with Crippen molar-refractivity contribution < 1.29 is 9.59 Å². The van der Waals surface area contributed by atoms with Gasteiger partial charge in [0.15, 0.2) is 0 Å². The van der Waals surface area contributed by atoms with Gasteiger partial charge < -0.3 is 11.1 Å². The highest BCUT2D eigenvalue weighted by atomic mass is 16.2. The quantitative estimate of drug-likeness (QED) is 0.562. The highest BCUT2D eigenvalue weighted by Crippen LogP contribution is 1.87. The molecule has 0 aliphatic heterocycles. The number of carbonyl (C=O) groups is 2. The summed E-state index contributed by atoms with van der Waals surface area (Å²) >= 11 is 0. The van der Waals surface area contributed by atoms with Gasteiger partial charge in [0, 0.05) is 6.54 Å². The molecule has 0 aliphatic carbocycles. The highest BCUT2D eigenvalue weighted by Gasteiger charge is 2.12. The van der Waals surface area contributed by atoms with Crippen LogP contribution in [0.5, 0.6) is 0 Å². The van der Waals surface area contributed by atoms with Gasteiger partial charge in [0.05, 0.1) is 6.04 Å². The van der Waals surface area contributed by atoms with Gasteiger partial charge in [-0.1, -0.05) is 11.6 Å². The van der Waals surface area contributed by atoms with Gasteiger partial charge >= 0.3 is 6.03 Å². The van der Waals surface area contributed by atoms with Gasteiger partial charge in [-0.25, -0.2) is 4.79 Å². The van der Waals surface area contributed by atoms with E-state index in [1.165, 1.54) is 5.57 Å². The summed E-state index contributed by atoms with van der Waals surface area (Å²) in [4.78, 5) is 21.5. The van der Waals surface area contributed by atoms with Crippen LogP contribution in [0, 0.1) is 0 Å². The average molecular weight is 199 g/mol. The van der Waals surface area contributed by atoms with Gasteiger partial charge in [0.1, 0.15) is 0 Å². The second-order valence-electron chi connectivity index (χ2n) is 3.26. The smallest absolute Gasteiger partial charge is 0.318 e. The van der Waals surface area contributed by atoms with Crippen molar-refractivity contribution in [3.05, 3.63) is 11.6 Å². The highest BCUT2D eigenvalue weighted by molar-refractivity contribution is 5.96. The zero-order chi connectivity index (χ0) is 11.1. The predicted molar refractivity (Wildman–Crippen MR) is 54.6 cm³/mol. The molecule has 5 heteroatoms. The molecule has 0 rings (SSSR count). The minimum Gasteiger partial charge on any atom is -0.351 e. The fourth-order valence-electron chi connectivity index (χ4n) is 0.762. The van der Waals surface area contributed by atoms with E-state index in [1.54, 1.807) is 6.92 Å². The van der Waals surface area contributed by atoms with Crippen LogP contribution < -0.4 is 16.4 Å². The number of nitrogens with one attached hydrogen (secondary N) is 2. The number of allylic oxidation sites excluding steroid dienone is 1. The van der Waals surface area contributed by atoms with Gasteiger partial charge in [-0.05, 0) is 20.8 Å². The molecule has 80 valence electrons. The normalized spacial score (nSPS) is 11.6. The zero-order valence-electron chi connectivity index (χ0n) is 8.76. The van der Waals surface area contributed by atoms with Crippen LogP contribution in [0.25, 0.3) is 0 Å². The van der Waals surface area contributed by atoms with Gasteiger partial charge in [0.25, 0.3) is 0 Å². The van der Waals surface area contributed by atoms with E-state index in [4.69, 9.17) is 5.73 Å². The van der Waals surface area contributed by atoms with Crippen molar-refractivity contribution in [3.63, 3.8) is 0 Å². The number of nitrogens with two attached hydrogens (primary N) is 1. The molecule has 0 spiro atoms. The van der Waals surface area contributed by atoms with Crippen LogP contribution in [-0.4, -0.2) is 24.5 Å². The summed E-state index contributed by atoms with van der Waals surface area (Å²) in [6.07, 6.45) is 1.95. The van der Waals surface area contributed by atoms with E-state index in [0.29, 0.717) is 6.54 Å². The molecule has 3 amide bonds. The first-order valence-corrected chi connectivity index (χ1v) is 4.40. The average Bonchev–Trinajstić information content (AvgIpc) is 2.01. The minimum atomic E-state index is -0.828. The lowest BCUT2D eigenvalue weighted by molar-refractivity contribution is -0.121. The summed E-state index contributed by atoms with van der Waals surface area (Å²) in [5.74, 6) is -0.417. The van der Waals surface area contributed by atoms with Crippen LogP contribution in [0.2, 0.25) is 0 Å². The van der Waals surface area contributed by atoms with E-state index < -0.39 is 18.0 Å². The molecule has 0 fully saturated rings. The molecule has 0 heterocycles. The van der Waals surface area contributed by atoms with E-state index in [-0.39, 0.29) is 0 Å². The third-order valence-electron chi connectivity index (χ3n) is 1.57. The fraction of sp³-hybridized carbons (Fsp3) is 0.556. The summed E-state index contributed by atoms with van der Waals surface area (Å²) in [5.41, 5.74) is 5.96. The molecule has 1 unspecified atom stereocenters. The summed E-state index contributed by atoms with van der Waals surface area (Å²) in [6, 6.07) is -1.26. The SMILES string of the molecule is CC(C)=CCNC(C)C(=O)NC(N)=O. The predicted octanol–water partition coefficient (Wildman–Crippen LogP) is 0.126. The lowest BCUT2D eigenvalue weighted by Crippen LogP contribution is -2.46. The molecule has 0 saturated heterocycles. The van der Waals surface area contributed by atoms with Crippen molar-refractivity contribution in [3.8, 4) is 0 Å². The molecule has 0 aliphatic rings. The molecule has 4 N–H and O–H groups in total. The van der Waals surface area contributed by atoms with Crippen LogP contribution >= 0.6 is 0 Å². The van der Waals surface area contributed by atoms with Gasteiger partial charge in [-0.3, -0.25) is 10.1 Å². The zero-order valence-corrected chi connectivity index (χ0v) is 8.76. The maximum Gasteiger partial charge on any atom is 0.318 e. The minimum absolute atomic E-state index is 0.417. The van der Waals surface area contributed by atoms with E-state index in [1.807, 2.05) is 25.2 Å². The van der Waals surface area contributed by atoms with Crippen molar-refractivity contribution in [2.45, 2.75) is 26.8 Å². The lowest BCUT2D eigenvalue weighted by atomic mass is 10.3. The van der Waals surface area contributed by atoms with E-state index in [9.17, 15) is 9.59 Å². The third kappa shape index (κ3) is 6.19. The summed E-state index contributed by atoms with van der Waals surface area (Å²) in [7, 11) is 0. The Morgan fingerprint density at radius 1 is 1.43 bits per heavy atom. The molecule has 0 aromatic heterocycles. The molecule has 5 nitrogen and oxygen atoms in total. The van der Waals surface area contributed by atoms with E-state index >= 15 is 0 Å². The van der Waals surface area contributed by atoms with E-state index in [0.717, 1.165) is 0 Å². The Morgan fingerprint density at radius 2 is 2.00 bits per heavy atom. The number of imide groups is 1. The van der Waals surface area contributed by atoms with Gasteiger partial charge in [-0.15, -0.1) is 0 Å². The third-order valence-corrected chi connectivity index (χ3v) is 1.57. The number of hydrogen-bond donors (Lipinski definition) is 3. The maximum absolute atomic E-state index is 11.1. The Hall–Kier alpha value is -1.36. The molecular formula is C9H17N3O2. The standard InChI is InChI=1S/C9H17N3O2/c1-6(2)4-5-11-7(3)8(13)12-9(10)14/h4,7,11H,5H2,1-3H3,(H3,10,12,13,14). The summed E-state index contributed by atoms with van der Waals surface area (Å²) < 4.78 is 0. The molecule has 0 bridgehead atoms. The number of amides is 3. The molecule has 0 saturated carbocycles. The van der Waals surface area contributed by atoms with Crippen LogP contribution in [0.3, 0.4) is 0 Å². The topological polar surface area (TPSA) is 84.2 Å². The Bertz CT molecular complexity index is 244. The molecule has 14 heavy (non-hydrogen) atoms. The maximum atomic E-state index is 11.1. The first-order valence-electron chi connectivity index (χ1n) is 4.40. The lowest BCUT2D eigenvalue weighted by Gasteiger charge is -2.10. The largest absolute Gasteiger partial charge is 0.351 e. The number of carbonyl (C=O) groups excluding carboxylic acids is 2. The Labute approximate surface area is 83.7 Å². The summed E-state index contributed by atoms with van der Waals surface area (Å²) in [5, 5.41) is 4.92. The number of hydrogen-bond acceptors (Lipinski definition) is 3. The Balaban J connectivity index is 3.84. The number of rotatable bonds is 4. The van der Waals surface area contributed by atoms with Crippen molar-refractivity contribution in [1.82, 2.24) is 10.6 Å². The van der Waals surface area contributed by atoms with Crippen molar-refractivity contribution >= 4 is 11.9 Å². The molecule has 0 radical (unpaired) electrons. The fourth-order valence-corrected chi connectivity index (χ4v) is 0.762. The second kappa shape index (κ2) is 6.15. The molecular weight excluding hydrogens is 182 g/mol. The first-order chi connectivity index (χ1) is 6.43. The summed E-state index contributed by atoms with van der Waals surface area (Å²) in [6.45, 7) is 6.19. The monoisotopic (exact) mass is 199 g/mol. The van der Waals surface area contributed by atoms with Crippen LogP contribution in [0.4, 0.5) is 4.79 Å². The van der Waals surface area contributed by atoms with Crippen molar-refractivity contribution in [2.75, 3.05) is 6.54 Å².